The third-order valence-electron chi connectivity index (χ3n) is 3.83. The van der Waals surface area contributed by atoms with Crippen molar-refractivity contribution in [1.82, 2.24) is 15.1 Å². The van der Waals surface area contributed by atoms with Crippen LogP contribution in [0.1, 0.15) is 31.1 Å². The highest BCUT2D eigenvalue weighted by Crippen LogP contribution is 2.13. The van der Waals surface area contributed by atoms with E-state index in [9.17, 15) is 9.59 Å². The second-order valence-electron chi connectivity index (χ2n) is 5.53. The van der Waals surface area contributed by atoms with Crippen LogP contribution in [-0.4, -0.2) is 54.5 Å². The number of hydrogen-bond acceptors (Lipinski definition) is 3. The van der Waals surface area contributed by atoms with Crippen LogP contribution in [-0.2, 0) is 11.2 Å². The average Bonchev–Trinajstić information content (AvgIpc) is 2.92. The number of aryl methyl sites for hydroxylation is 1. The van der Waals surface area contributed by atoms with Crippen molar-refractivity contribution in [3.63, 3.8) is 0 Å². The van der Waals surface area contributed by atoms with Crippen LogP contribution < -0.4 is 5.32 Å². The molecule has 2 rings (SSSR count). The molecule has 1 aromatic rings. The minimum absolute atomic E-state index is 0.00488. The van der Waals surface area contributed by atoms with E-state index in [-0.39, 0.29) is 11.9 Å². The summed E-state index contributed by atoms with van der Waals surface area (Å²) >= 11 is 1.70. The Balaban J connectivity index is 1.76. The van der Waals surface area contributed by atoms with Crippen LogP contribution >= 0.6 is 11.3 Å². The molecular weight excluding hydrogens is 298 g/mol. The highest BCUT2D eigenvalue weighted by Gasteiger charge is 2.21. The van der Waals surface area contributed by atoms with E-state index in [4.69, 9.17) is 0 Å². The lowest BCUT2D eigenvalue weighted by Gasteiger charge is -2.22. The highest BCUT2D eigenvalue weighted by atomic mass is 32.1. The number of nitrogens with zero attached hydrogens (tertiary/aromatic N) is 2. The molecule has 1 aliphatic rings. The molecule has 0 unspecified atom stereocenters. The molecule has 1 fully saturated rings. The minimum Gasteiger partial charge on any atom is -0.341 e. The maximum Gasteiger partial charge on any atom is 0.317 e. The maximum atomic E-state index is 12.3. The number of hydrogen-bond donors (Lipinski definition) is 1. The molecule has 0 atom stereocenters. The van der Waals surface area contributed by atoms with Gasteiger partial charge in [-0.05, 0) is 30.7 Å². The number of carbonyl (C=O) groups is 2. The normalized spacial score (nSPS) is 15.5. The molecule has 122 valence electrons. The van der Waals surface area contributed by atoms with E-state index in [2.05, 4.69) is 11.4 Å². The molecule has 1 N–H and O–H groups in total. The Morgan fingerprint density at radius 1 is 1.23 bits per heavy atom. The second-order valence-corrected chi connectivity index (χ2v) is 6.56. The van der Waals surface area contributed by atoms with Gasteiger partial charge in [-0.2, -0.15) is 0 Å². The number of nitrogens with one attached hydrogen (secondary N) is 1. The van der Waals surface area contributed by atoms with Gasteiger partial charge in [-0.3, -0.25) is 4.79 Å². The zero-order valence-electron chi connectivity index (χ0n) is 13.2. The molecule has 1 saturated heterocycles. The van der Waals surface area contributed by atoms with Gasteiger partial charge >= 0.3 is 6.03 Å². The number of carbonyl (C=O) groups excluding carboxylic acids is 2. The molecule has 2 heterocycles. The topological polar surface area (TPSA) is 52.7 Å². The predicted octanol–water partition coefficient (Wildman–Crippen LogP) is 2.33. The van der Waals surface area contributed by atoms with Crippen LogP contribution in [0.4, 0.5) is 4.79 Å². The van der Waals surface area contributed by atoms with E-state index in [1.54, 1.807) is 11.3 Å². The number of amides is 3. The average molecular weight is 323 g/mol. The summed E-state index contributed by atoms with van der Waals surface area (Å²) in [5.74, 6) is 0.198. The van der Waals surface area contributed by atoms with Crippen LogP contribution in [0.5, 0.6) is 0 Å². The minimum atomic E-state index is -0.00488. The second kappa shape index (κ2) is 8.78. The first kappa shape index (κ1) is 16.8. The molecule has 0 radical (unpaired) electrons. The van der Waals surface area contributed by atoms with E-state index < -0.39 is 0 Å². The predicted molar refractivity (Wildman–Crippen MR) is 89.1 cm³/mol. The van der Waals surface area contributed by atoms with Crippen molar-refractivity contribution in [2.45, 2.75) is 32.6 Å². The SMILES string of the molecule is CCCNC(=O)N1CCCN(C(=O)CCc2cccs2)CC1. The molecule has 22 heavy (non-hydrogen) atoms. The Hall–Kier alpha value is -1.56. The van der Waals surface area contributed by atoms with Crippen LogP contribution in [0.25, 0.3) is 0 Å². The first-order valence-electron chi connectivity index (χ1n) is 8.03. The number of urea groups is 1. The van der Waals surface area contributed by atoms with Gasteiger partial charge in [0.25, 0.3) is 0 Å². The van der Waals surface area contributed by atoms with Gasteiger partial charge in [0, 0.05) is 44.0 Å². The first-order chi connectivity index (χ1) is 10.7. The third-order valence-corrected chi connectivity index (χ3v) is 4.76. The standard InChI is InChI=1S/C16H25N3O2S/c1-2-8-17-16(21)19-10-4-9-18(11-12-19)15(20)7-6-14-5-3-13-22-14/h3,5,13H,2,4,6-12H2,1H3,(H,17,21). The Morgan fingerprint density at radius 2 is 2.00 bits per heavy atom. The molecule has 0 aliphatic carbocycles. The zero-order valence-corrected chi connectivity index (χ0v) is 14.0. The van der Waals surface area contributed by atoms with E-state index >= 15 is 0 Å². The molecule has 0 saturated carbocycles. The van der Waals surface area contributed by atoms with E-state index in [1.165, 1.54) is 4.88 Å². The number of thiophene rings is 1. The fourth-order valence-electron chi connectivity index (χ4n) is 2.56. The Kier molecular flexibility index (Phi) is 6.71. The lowest BCUT2D eigenvalue weighted by atomic mass is 10.2. The van der Waals surface area contributed by atoms with Gasteiger partial charge < -0.3 is 15.1 Å². The lowest BCUT2D eigenvalue weighted by Crippen LogP contribution is -2.42. The van der Waals surface area contributed by atoms with E-state index in [1.807, 2.05) is 28.2 Å². The summed E-state index contributed by atoms with van der Waals surface area (Å²) in [7, 11) is 0. The lowest BCUT2D eigenvalue weighted by molar-refractivity contribution is -0.131. The summed E-state index contributed by atoms with van der Waals surface area (Å²) in [6, 6.07) is 4.08. The maximum absolute atomic E-state index is 12.3. The van der Waals surface area contributed by atoms with Crippen molar-refractivity contribution in [3.05, 3.63) is 22.4 Å². The molecule has 6 heteroatoms. The van der Waals surface area contributed by atoms with E-state index in [0.717, 1.165) is 32.4 Å². The van der Waals surface area contributed by atoms with Crippen molar-refractivity contribution in [2.24, 2.45) is 0 Å². The fraction of sp³-hybridized carbons (Fsp3) is 0.625. The Bertz CT molecular complexity index is 476. The zero-order chi connectivity index (χ0) is 15.8. The quantitative estimate of drug-likeness (QED) is 0.904. The smallest absolute Gasteiger partial charge is 0.317 e. The largest absolute Gasteiger partial charge is 0.341 e. The van der Waals surface area contributed by atoms with Crippen LogP contribution in [0.2, 0.25) is 0 Å². The van der Waals surface area contributed by atoms with Gasteiger partial charge in [-0.15, -0.1) is 11.3 Å². The third kappa shape index (κ3) is 5.02. The van der Waals surface area contributed by atoms with Crippen molar-refractivity contribution in [2.75, 3.05) is 32.7 Å². The van der Waals surface area contributed by atoms with Crippen molar-refractivity contribution < 1.29 is 9.59 Å². The van der Waals surface area contributed by atoms with Crippen molar-refractivity contribution >= 4 is 23.3 Å². The van der Waals surface area contributed by atoms with Gasteiger partial charge in [-0.1, -0.05) is 13.0 Å². The molecule has 0 aromatic carbocycles. The summed E-state index contributed by atoms with van der Waals surface area (Å²) in [5, 5.41) is 4.94. The van der Waals surface area contributed by atoms with Crippen molar-refractivity contribution in [3.8, 4) is 0 Å². The molecule has 0 spiro atoms. The fourth-order valence-corrected chi connectivity index (χ4v) is 3.27. The summed E-state index contributed by atoms with van der Waals surface area (Å²) < 4.78 is 0. The van der Waals surface area contributed by atoms with Crippen LogP contribution in [0.3, 0.4) is 0 Å². The van der Waals surface area contributed by atoms with Crippen molar-refractivity contribution in [1.29, 1.82) is 0 Å². The summed E-state index contributed by atoms with van der Waals surface area (Å²) in [5.41, 5.74) is 0. The molecule has 1 aromatic heterocycles. The van der Waals surface area contributed by atoms with Crippen LogP contribution in [0, 0.1) is 0 Å². The molecular formula is C16H25N3O2S. The number of rotatable bonds is 5. The van der Waals surface area contributed by atoms with Gasteiger partial charge in [0.2, 0.25) is 5.91 Å². The van der Waals surface area contributed by atoms with E-state index in [0.29, 0.717) is 26.1 Å². The first-order valence-corrected chi connectivity index (χ1v) is 8.91. The molecule has 1 aliphatic heterocycles. The Morgan fingerprint density at radius 3 is 2.73 bits per heavy atom. The Labute approximate surface area is 136 Å². The van der Waals surface area contributed by atoms with Gasteiger partial charge in [-0.25, -0.2) is 4.79 Å². The van der Waals surface area contributed by atoms with Gasteiger partial charge in [0.15, 0.2) is 0 Å². The summed E-state index contributed by atoms with van der Waals surface area (Å²) in [4.78, 5) is 29.3. The molecule has 5 nitrogen and oxygen atoms in total. The monoisotopic (exact) mass is 323 g/mol. The molecule has 3 amide bonds. The highest BCUT2D eigenvalue weighted by molar-refractivity contribution is 7.09. The van der Waals surface area contributed by atoms with Gasteiger partial charge in [0.05, 0.1) is 0 Å². The van der Waals surface area contributed by atoms with Gasteiger partial charge in [0.1, 0.15) is 0 Å². The molecule has 0 bridgehead atoms. The summed E-state index contributed by atoms with van der Waals surface area (Å²) in [6.45, 7) is 5.49. The summed E-state index contributed by atoms with van der Waals surface area (Å²) in [6.07, 6.45) is 3.16. The van der Waals surface area contributed by atoms with Crippen LogP contribution in [0.15, 0.2) is 17.5 Å².